The summed E-state index contributed by atoms with van der Waals surface area (Å²) < 4.78 is 5.46. The van der Waals surface area contributed by atoms with Crippen LogP contribution in [-0.4, -0.2) is 60.2 Å². The van der Waals surface area contributed by atoms with Crippen LogP contribution in [-0.2, 0) is 9.53 Å². The summed E-state index contributed by atoms with van der Waals surface area (Å²) in [5.41, 5.74) is 0. The van der Waals surface area contributed by atoms with Crippen LogP contribution in [0.15, 0.2) is 12.3 Å². The molecule has 22 heavy (non-hydrogen) atoms. The average Bonchev–Trinajstić information content (AvgIpc) is 2.56. The molecule has 2 fully saturated rings. The largest absolute Gasteiger partial charge is 0.381 e. The van der Waals surface area contributed by atoms with Crippen LogP contribution in [0.4, 0.5) is 5.82 Å². The van der Waals surface area contributed by atoms with Gasteiger partial charge in [0.15, 0.2) is 0 Å². The van der Waals surface area contributed by atoms with Crippen LogP contribution in [0.3, 0.4) is 0 Å². The molecule has 0 N–H and O–H groups in total. The Kier molecular flexibility index (Phi) is 4.87. The van der Waals surface area contributed by atoms with E-state index in [9.17, 15) is 4.79 Å². The molecule has 1 atom stereocenters. The molecule has 6 heteroatoms. The number of anilines is 1. The van der Waals surface area contributed by atoms with E-state index in [4.69, 9.17) is 4.74 Å². The van der Waals surface area contributed by atoms with Crippen LogP contribution in [0.2, 0.25) is 0 Å². The minimum atomic E-state index is 0.272. The number of nitrogens with zero attached hydrogens (tertiary/aromatic N) is 4. The lowest BCUT2D eigenvalue weighted by atomic mass is 9.98. The molecule has 1 amide bonds. The summed E-state index contributed by atoms with van der Waals surface area (Å²) in [6, 6.07) is 1.93. The van der Waals surface area contributed by atoms with Gasteiger partial charge in [-0.2, -0.15) is 0 Å². The monoisotopic (exact) mass is 304 g/mol. The fourth-order valence-electron chi connectivity index (χ4n) is 3.15. The average molecular weight is 304 g/mol. The van der Waals surface area contributed by atoms with Crippen LogP contribution >= 0.6 is 0 Å². The van der Waals surface area contributed by atoms with Gasteiger partial charge in [-0.15, -0.1) is 0 Å². The van der Waals surface area contributed by atoms with Crippen LogP contribution in [0.25, 0.3) is 0 Å². The van der Waals surface area contributed by atoms with Gasteiger partial charge in [0.25, 0.3) is 0 Å². The first-order valence-electron chi connectivity index (χ1n) is 8.12. The number of carbonyl (C=O) groups is 1. The molecule has 2 aliphatic heterocycles. The molecule has 0 bridgehead atoms. The second-order valence-corrected chi connectivity index (χ2v) is 6.12. The van der Waals surface area contributed by atoms with Crippen molar-refractivity contribution < 1.29 is 9.53 Å². The normalized spacial score (nSPS) is 22.7. The zero-order valence-corrected chi connectivity index (χ0v) is 13.2. The van der Waals surface area contributed by atoms with Crippen LogP contribution < -0.4 is 4.90 Å². The summed E-state index contributed by atoms with van der Waals surface area (Å²) in [5, 5.41) is 0. The number of piperazine rings is 1. The first-order chi connectivity index (χ1) is 10.7. The maximum absolute atomic E-state index is 12.4. The van der Waals surface area contributed by atoms with E-state index < -0.39 is 0 Å². The molecule has 6 nitrogen and oxygen atoms in total. The van der Waals surface area contributed by atoms with Crippen molar-refractivity contribution in [2.75, 3.05) is 44.3 Å². The minimum Gasteiger partial charge on any atom is -0.381 e. The van der Waals surface area contributed by atoms with E-state index in [1.807, 2.05) is 17.9 Å². The molecule has 0 saturated carbocycles. The standard InChI is InChI=1S/C16H24N4O2/c1-13-17-5-4-15(18-13)19-6-8-20(9-7-19)16(21)11-14-3-2-10-22-12-14/h4-5,14H,2-3,6-12H2,1H3. The molecule has 0 radical (unpaired) electrons. The predicted molar refractivity (Wildman–Crippen MR) is 83.7 cm³/mol. The van der Waals surface area contributed by atoms with Crippen molar-refractivity contribution in [2.45, 2.75) is 26.2 Å². The SMILES string of the molecule is Cc1nccc(N2CCN(C(=O)CC3CCCOC3)CC2)n1. The Morgan fingerprint density at radius 2 is 2.18 bits per heavy atom. The molecule has 0 aromatic carbocycles. The van der Waals surface area contributed by atoms with Crippen molar-refractivity contribution in [2.24, 2.45) is 5.92 Å². The van der Waals surface area contributed by atoms with E-state index in [1.165, 1.54) is 0 Å². The van der Waals surface area contributed by atoms with Gasteiger partial charge in [0, 0.05) is 52.0 Å². The van der Waals surface area contributed by atoms with E-state index in [0.717, 1.165) is 63.9 Å². The quantitative estimate of drug-likeness (QED) is 0.841. The molecule has 3 rings (SSSR count). The summed E-state index contributed by atoms with van der Waals surface area (Å²) in [5.74, 6) is 2.42. The van der Waals surface area contributed by atoms with Gasteiger partial charge in [-0.3, -0.25) is 4.79 Å². The Balaban J connectivity index is 1.49. The number of ether oxygens (including phenoxy) is 1. The van der Waals surface area contributed by atoms with Gasteiger partial charge < -0.3 is 14.5 Å². The molecule has 1 unspecified atom stereocenters. The Labute approximate surface area is 131 Å². The molecular formula is C16H24N4O2. The van der Waals surface area contributed by atoms with E-state index in [1.54, 1.807) is 6.20 Å². The molecule has 120 valence electrons. The third kappa shape index (κ3) is 3.74. The van der Waals surface area contributed by atoms with Gasteiger partial charge in [0.05, 0.1) is 0 Å². The Morgan fingerprint density at radius 3 is 2.86 bits per heavy atom. The van der Waals surface area contributed by atoms with Gasteiger partial charge >= 0.3 is 0 Å². The highest BCUT2D eigenvalue weighted by molar-refractivity contribution is 5.76. The number of hydrogen-bond donors (Lipinski definition) is 0. The minimum absolute atomic E-state index is 0.272. The fraction of sp³-hybridized carbons (Fsp3) is 0.688. The van der Waals surface area contributed by atoms with E-state index in [2.05, 4.69) is 14.9 Å². The molecule has 0 spiro atoms. The fourth-order valence-corrected chi connectivity index (χ4v) is 3.15. The van der Waals surface area contributed by atoms with Crippen molar-refractivity contribution in [3.63, 3.8) is 0 Å². The van der Waals surface area contributed by atoms with Crippen molar-refractivity contribution in [1.82, 2.24) is 14.9 Å². The maximum Gasteiger partial charge on any atom is 0.223 e. The summed E-state index contributed by atoms with van der Waals surface area (Å²) in [4.78, 5) is 25.2. The Bertz CT molecular complexity index is 509. The molecule has 1 aromatic rings. The summed E-state index contributed by atoms with van der Waals surface area (Å²) >= 11 is 0. The number of hydrogen-bond acceptors (Lipinski definition) is 5. The third-order valence-electron chi connectivity index (χ3n) is 4.44. The second-order valence-electron chi connectivity index (χ2n) is 6.12. The number of carbonyl (C=O) groups excluding carboxylic acids is 1. The topological polar surface area (TPSA) is 58.6 Å². The second kappa shape index (κ2) is 7.05. The van der Waals surface area contributed by atoms with Gasteiger partial charge in [0.1, 0.15) is 11.6 Å². The molecular weight excluding hydrogens is 280 g/mol. The molecule has 1 aromatic heterocycles. The smallest absolute Gasteiger partial charge is 0.223 e. The van der Waals surface area contributed by atoms with Crippen molar-refractivity contribution in [3.05, 3.63) is 18.1 Å². The summed E-state index contributed by atoms with van der Waals surface area (Å²) in [6.45, 7) is 6.71. The van der Waals surface area contributed by atoms with E-state index in [0.29, 0.717) is 12.3 Å². The van der Waals surface area contributed by atoms with Gasteiger partial charge in [-0.25, -0.2) is 9.97 Å². The van der Waals surface area contributed by atoms with Crippen molar-refractivity contribution in [3.8, 4) is 0 Å². The maximum atomic E-state index is 12.4. The molecule has 3 heterocycles. The van der Waals surface area contributed by atoms with Gasteiger partial charge in [-0.05, 0) is 31.7 Å². The van der Waals surface area contributed by atoms with Crippen molar-refractivity contribution in [1.29, 1.82) is 0 Å². The number of aromatic nitrogens is 2. The highest BCUT2D eigenvalue weighted by Gasteiger charge is 2.25. The highest BCUT2D eigenvalue weighted by Crippen LogP contribution is 2.19. The lowest BCUT2D eigenvalue weighted by Crippen LogP contribution is -2.49. The predicted octanol–water partition coefficient (Wildman–Crippen LogP) is 1.25. The lowest BCUT2D eigenvalue weighted by Gasteiger charge is -2.36. The van der Waals surface area contributed by atoms with Crippen LogP contribution in [0.5, 0.6) is 0 Å². The molecule has 2 saturated heterocycles. The number of amides is 1. The number of rotatable bonds is 3. The lowest BCUT2D eigenvalue weighted by molar-refractivity contribution is -0.133. The first-order valence-corrected chi connectivity index (χ1v) is 8.12. The first kappa shape index (κ1) is 15.2. The van der Waals surface area contributed by atoms with Crippen molar-refractivity contribution >= 4 is 11.7 Å². The van der Waals surface area contributed by atoms with Crippen LogP contribution in [0.1, 0.15) is 25.1 Å². The number of aryl methyl sites for hydroxylation is 1. The third-order valence-corrected chi connectivity index (χ3v) is 4.44. The summed E-state index contributed by atoms with van der Waals surface area (Å²) in [6.07, 6.45) is 4.62. The molecule has 0 aliphatic carbocycles. The Morgan fingerprint density at radius 1 is 1.36 bits per heavy atom. The Hall–Kier alpha value is -1.69. The summed E-state index contributed by atoms with van der Waals surface area (Å²) in [7, 11) is 0. The molecule has 2 aliphatic rings. The zero-order valence-electron chi connectivity index (χ0n) is 13.2. The van der Waals surface area contributed by atoms with Gasteiger partial charge in [0.2, 0.25) is 5.91 Å². The zero-order chi connectivity index (χ0) is 15.4. The van der Waals surface area contributed by atoms with E-state index >= 15 is 0 Å². The van der Waals surface area contributed by atoms with E-state index in [-0.39, 0.29) is 5.91 Å². The highest BCUT2D eigenvalue weighted by atomic mass is 16.5. The van der Waals surface area contributed by atoms with Gasteiger partial charge in [-0.1, -0.05) is 0 Å². The van der Waals surface area contributed by atoms with Crippen LogP contribution in [0, 0.1) is 12.8 Å².